The minimum absolute atomic E-state index is 0.321. The normalized spacial score (nSPS) is 12.7. The number of nitrogens with zero attached hydrogens (tertiary/aromatic N) is 1. The van der Waals surface area contributed by atoms with Crippen molar-refractivity contribution in [1.29, 1.82) is 0 Å². The van der Waals surface area contributed by atoms with E-state index in [1.165, 1.54) is 27.8 Å². The summed E-state index contributed by atoms with van der Waals surface area (Å²) in [5, 5.41) is 0. The molecule has 1 atom stereocenters. The third kappa shape index (κ3) is 3.05. The zero-order chi connectivity index (χ0) is 14.0. The number of aryl methyl sites for hydroxylation is 3. The molecule has 0 heterocycles. The maximum absolute atomic E-state index is 2.28. The number of benzene rings is 2. The van der Waals surface area contributed by atoms with Crippen molar-refractivity contribution >= 4 is 0 Å². The third-order valence-corrected chi connectivity index (χ3v) is 3.63. The van der Waals surface area contributed by atoms with Crippen LogP contribution in [0, 0.1) is 20.8 Å². The van der Waals surface area contributed by atoms with Crippen molar-refractivity contribution in [2.45, 2.75) is 26.8 Å². The van der Waals surface area contributed by atoms with Crippen LogP contribution in [0.25, 0.3) is 0 Å². The molecule has 0 aliphatic heterocycles. The van der Waals surface area contributed by atoms with Gasteiger partial charge in [-0.25, -0.2) is 0 Å². The SMILES string of the molecule is Cc1ccc([C@@H](c2ccc(C)cc2C)N(C)C)cc1. The number of hydrogen-bond donors (Lipinski definition) is 0. The van der Waals surface area contributed by atoms with Gasteiger partial charge in [0, 0.05) is 0 Å². The van der Waals surface area contributed by atoms with Gasteiger partial charge in [0.05, 0.1) is 6.04 Å². The number of rotatable bonds is 3. The van der Waals surface area contributed by atoms with E-state index in [-0.39, 0.29) is 0 Å². The van der Waals surface area contributed by atoms with Gasteiger partial charge in [0.1, 0.15) is 0 Å². The molecule has 2 aromatic carbocycles. The lowest BCUT2D eigenvalue weighted by Crippen LogP contribution is -2.22. The smallest absolute Gasteiger partial charge is 0.0599 e. The minimum atomic E-state index is 0.321. The topological polar surface area (TPSA) is 3.24 Å². The molecule has 0 amide bonds. The first-order valence-corrected chi connectivity index (χ1v) is 6.79. The molecule has 0 bridgehead atoms. The van der Waals surface area contributed by atoms with Gasteiger partial charge >= 0.3 is 0 Å². The summed E-state index contributed by atoms with van der Waals surface area (Å²) in [5.41, 5.74) is 6.73. The number of hydrogen-bond acceptors (Lipinski definition) is 1. The molecule has 100 valence electrons. The standard InChI is InChI=1S/C18H23N/c1-13-6-9-16(10-7-13)18(19(4)5)17-11-8-14(2)12-15(17)3/h6-12,18H,1-5H3/t18-/m0/s1. The third-order valence-electron chi connectivity index (χ3n) is 3.63. The zero-order valence-corrected chi connectivity index (χ0v) is 12.6. The molecule has 0 fully saturated rings. The minimum Gasteiger partial charge on any atom is -0.299 e. The Hall–Kier alpha value is -1.60. The summed E-state index contributed by atoms with van der Waals surface area (Å²) < 4.78 is 0. The van der Waals surface area contributed by atoms with E-state index >= 15 is 0 Å². The van der Waals surface area contributed by atoms with Gasteiger partial charge in [0.2, 0.25) is 0 Å². The summed E-state index contributed by atoms with van der Waals surface area (Å²) >= 11 is 0. The van der Waals surface area contributed by atoms with E-state index in [9.17, 15) is 0 Å². The van der Waals surface area contributed by atoms with Crippen LogP contribution in [0.15, 0.2) is 42.5 Å². The predicted molar refractivity (Wildman–Crippen MR) is 82.6 cm³/mol. The molecule has 0 unspecified atom stereocenters. The fraction of sp³-hybridized carbons (Fsp3) is 0.333. The Kier molecular flexibility index (Phi) is 4.06. The lowest BCUT2D eigenvalue weighted by atomic mass is 9.92. The summed E-state index contributed by atoms with van der Waals surface area (Å²) in [6.45, 7) is 6.48. The summed E-state index contributed by atoms with van der Waals surface area (Å²) in [6.07, 6.45) is 0. The lowest BCUT2D eigenvalue weighted by molar-refractivity contribution is 0.341. The maximum atomic E-state index is 2.28. The van der Waals surface area contributed by atoms with E-state index in [1.807, 2.05) is 0 Å². The average molecular weight is 253 g/mol. The highest BCUT2D eigenvalue weighted by molar-refractivity contribution is 5.39. The molecule has 19 heavy (non-hydrogen) atoms. The van der Waals surface area contributed by atoms with Crippen molar-refractivity contribution < 1.29 is 0 Å². The lowest BCUT2D eigenvalue weighted by Gasteiger charge is -2.27. The predicted octanol–water partition coefficient (Wildman–Crippen LogP) is 4.26. The maximum Gasteiger partial charge on any atom is 0.0599 e. The van der Waals surface area contributed by atoms with Crippen molar-refractivity contribution in [3.05, 3.63) is 70.3 Å². The van der Waals surface area contributed by atoms with Gasteiger partial charge in [-0.3, -0.25) is 4.90 Å². The highest BCUT2D eigenvalue weighted by Crippen LogP contribution is 2.29. The van der Waals surface area contributed by atoms with Crippen LogP contribution in [0.1, 0.15) is 33.9 Å². The molecule has 0 radical (unpaired) electrons. The van der Waals surface area contributed by atoms with Gasteiger partial charge in [-0.2, -0.15) is 0 Å². The Morgan fingerprint density at radius 1 is 0.789 bits per heavy atom. The van der Waals surface area contributed by atoms with Crippen LogP contribution in [-0.2, 0) is 0 Å². The summed E-state index contributed by atoms with van der Waals surface area (Å²) in [6, 6.07) is 15.9. The van der Waals surface area contributed by atoms with Gasteiger partial charge in [-0.15, -0.1) is 0 Å². The zero-order valence-electron chi connectivity index (χ0n) is 12.6. The molecule has 1 nitrogen and oxygen atoms in total. The molecule has 0 saturated carbocycles. The van der Waals surface area contributed by atoms with Crippen molar-refractivity contribution in [2.24, 2.45) is 0 Å². The van der Waals surface area contributed by atoms with Crippen molar-refractivity contribution in [3.8, 4) is 0 Å². The molecule has 0 N–H and O–H groups in total. The van der Waals surface area contributed by atoms with Gasteiger partial charge in [0.15, 0.2) is 0 Å². The second kappa shape index (κ2) is 5.58. The molecule has 0 aromatic heterocycles. The first-order chi connectivity index (χ1) is 8.99. The summed E-state index contributed by atoms with van der Waals surface area (Å²) in [4.78, 5) is 2.28. The molecular weight excluding hydrogens is 230 g/mol. The largest absolute Gasteiger partial charge is 0.299 e. The first kappa shape index (κ1) is 13.8. The van der Waals surface area contributed by atoms with Gasteiger partial charge in [-0.05, 0) is 51.6 Å². The van der Waals surface area contributed by atoms with Crippen LogP contribution in [0.5, 0.6) is 0 Å². The Morgan fingerprint density at radius 2 is 1.37 bits per heavy atom. The van der Waals surface area contributed by atoms with Crippen LogP contribution in [0.3, 0.4) is 0 Å². The van der Waals surface area contributed by atoms with E-state index < -0.39 is 0 Å². The summed E-state index contributed by atoms with van der Waals surface area (Å²) in [5.74, 6) is 0. The quantitative estimate of drug-likeness (QED) is 0.790. The van der Waals surface area contributed by atoms with Crippen molar-refractivity contribution in [3.63, 3.8) is 0 Å². The van der Waals surface area contributed by atoms with Crippen LogP contribution in [0.2, 0.25) is 0 Å². The van der Waals surface area contributed by atoms with Crippen LogP contribution < -0.4 is 0 Å². The molecule has 0 saturated heterocycles. The van der Waals surface area contributed by atoms with Gasteiger partial charge in [0.25, 0.3) is 0 Å². The van der Waals surface area contributed by atoms with E-state index in [2.05, 4.69) is 82.2 Å². The molecule has 0 spiro atoms. The molecular formula is C18H23N. The van der Waals surface area contributed by atoms with Crippen molar-refractivity contribution in [2.75, 3.05) is 14.1 Å². The monoisotopic (exact) mass is 253 g/mol. The molecule has 2 rings (SSSR count). The highest BCUT2D eigenvalue weighted by Gasteiger charge is 2.18. The Balaban J connectivity index is 2.48. The Morgan fingerprint density at radius 3 is 1.89 bits per heavy atom. The first-order valence-electron chi connectivity index (χ1n) is 6.79. The van der Waals surface area contributed by atoms with Crippen LogP contribution in [-0.4, -0.2) is 19.0 Å². The van der Waals surface area contributed by atoms with Crippen molar-refractivity contribution in [1.82, 2.24) is 4.90 Å². The van der Waals surface area contributed by atoms with Crippen LogP contribution >= 0.6 is 0 Å². The molecule has 0 aliphatic rings. The second-order valence-corrected chi connectivity index (χ2v) is 5.64. The highest BCUT2D eigenvalue weighted by atomic mass is 15.1. The summed E-state index contributed by atoms with van der Waals surface area (Å²) in [7, 11) is 4.29. The fourth-order valence-electron chi connectivity index (χ4n) is 2.64. The van der Waals surface area contributed by atoms with Gasteiger partial charge < -0.3 is 0 Å². The Bertz CT molecular complexity index is 552. The van der Waals surface area contributed by atoms with E-state index in [0.717, 1.165) is 0 Å². The fourth-order valence-corrected chi connectivity index (χ4v) is 2.64. The molecule has 1 heteroatoms. The van der Waals surface area contributed by atoms with E-state index in [0.29, 0.717) is 6.04 Å². The van der Waals surface area contributed by atoms with Crippen LogP contribution in [0.4, 0.5) is 0 Å². The van der Waals surface area contributed by atoms with E-state index in [1.54, 1.807) is 0 Å². The van der Waals surface area contributed by atoms with Gasteiger partial charge in [-0.1, -0.05) is 53.6 Å². The van der Waals surface area contributed by atoms with E-state index in [4.69, 9.17) is 0 Å². The molecule has 2 aromatic rings. The Labute approximate surface area is 116 Å². The average Bonchev–Trinajstić information content (AvgIpc) is 2.34. The molecule has 0 aliphatic carbocycles. The second-order valence-electron chi connectivity index (χ2n) is 5.64.